The van der Waals surface area contributed by atoms with E-state index in [-0.39, 0.29) is 5.92 Å². The molecule has 35 heavy (non-hydrogen) atoms. The van der Waals surface area contributed by atoms with Crippen molar-refractivity contribution in [1.29, 1.82) is 0 Å². The van der Waals surface area contributed by atoms with Gasteiger partial charge in [-0.1, -0.05) is 104 Å². The molecule has 4 atom stereocenters. The highest BCUT2D eigenvalue weighted by Crippen LogP contribution is 2.38. The first kappa shape index (κ1) is 27.0. The van der Waals surface area contributed by atoms with Crippen LogP contribution in [-0.4, -0.2) is 48.0 Å². The molecule has 0 saturated heterocycles. The van der Waals surface area contributed by atoms with E-state index in [0.717, 1.165) is 22.9 Å². The van der Waals surface area contributed by atoms with Crippen LogP contribution in [0.5, 0.6) is 0 Å². The zero-order valence-corrected chi connectivity index (χ0v) is 23.0. The molecule has 0 aliphatic carbocycles. The van der Waals surface area contributed by atoms with E-state index in [2.05, 4.69) is 49.5 Å². The van der Waals surface area contributed by atoms with Gasteiger partial charge in [-0.3, -0.25) is 0 Å². The van der Waals surface area contributed by atoms with Gasteiger partial charge in [0.05, 0.1) is 11.8 Å². The zero-order valence-electron chi connectivity index (χ0n) is 22.0. The van der Waals surface area contributed by atoms with Crippen molar-refractivity contribution in [3.05, 3.63) is 66.2 Å². The van der Waals surface area contributed by atoms with Gasteiger partial charge in [0.15, 0.2) is 6.10 Å². The van der Waals surface area contributed by atoms with Crippen molar-refractivity contribution in [2.45, 2.75) is 83.5 Å². The van der Waals surface area contributed by atoms with Gasteiger partial charge in [-0.05, 0) is 32.3 Å². The van der Waals surface area contributed by atoms with Crippen molar-refractivity contribution >= 4 is 25.1 Å². The van der Waals surface area contributed by atoms with Crippen LogP contribution < -0.4 is 10.5 Å². The van der Waals surface area contributed by atoms with Crippen molar-refractivity contribution in [3.8, 4) is 0 Å². The predicted octanol–water partition coefficient (Wildman–Crippen LogP) is 5.00. The maximum atomic E-state index is 13.0. The summed E-state index contributed by atoms with van der Waals surface area (Å²) >= 11 is 0. The molecule has 0 spiro atoms. The van der Waals surface area contributed by atoms with Gasteiger partial charge in [0.2, 0.25) is 0 Å². The zero-order chi connectivity index (χ0) is 25.9. The lowest BCUT2D eigenvalue weighted by Crippen LogP contribution is -2.77. The van der Waals surface area contributed by atoms with Crippen molar-refractivity contribution in [1.82, 2.24) is 5.32 Å². The minimum atomic E-state index is -2.71. The summed E-state index contributed by atoms with van der Waals surface area (Å²) in [6, 6.07) is 19.4. The van der Waals surface area contributed by atoms with E-state index in [1.165, 1.54) is 0 Å². The van der Waals surface area contributed by atoms with Crippen LogP contribution >= 0.6 is 0 Å². The van der Waals surface area contributed by atoms with E-state index in [0.29, 0.717) is 6.42 Å². The number of hydrogen-bond acceptors (Lipinski definition) is 5. The van der Waals surface area contributed by atoms with E-state index in [1.54, 1.807) is 0 Å². The summed E-state index contributed by atoms with van der Waals surface area (Å²) in [5, 5.41) is 20.0. The van der Waals surface area contributed by atoms with Crippen LogP contribution in [0.4, 0.5) is 4.79 Å². The van der Waals surface area contributed by atoms with E-state index < -0.39 is 37.1 Å². The summed E-state index contributed by atoms with van der Waals surface area (Å²) in [6.45, 7) is 13.9. The Labute approximate surface area is 210 Å². The molecule has 0 fully saturated rings. The summed E-state index contributed by atoms with van der Waals surface area (Å²) < 4.78 is 5.61. The van der Waals surface area contributed by atoms with Crippen molar-refractivity contribution in [3.63, 3.8) is 0 Å². The van der Waals surface area contributed by atoms with Crippen LogP contribution in [0.15, 0.2) is 65.8 Å². The van der Waals surface area contributed by atoms with Gasteiger partial charge >= 0.3 is 6.09 Å². The molecule has 7 heteroatoms. The number of benzene rings is 2. The highest BCUT2D eigenvalue weighted by molar-refractivity contribution is 6.92. The molecule has 1 aliphatic heterocycles. The van der Waals surface area contributed by atoms with E-state index >= 15 is 0 Å². The topological polar surface area (TPSA) is 80.2 Å². The fraction of sp³-hybridized carbons (Fsp3) is 0.500. The Bertz CT molecular complexity index is 1020. The van der Waals surface area contributed by atoms with Crippen LogP contribution in [0.2, 0.25) is 13.1 Å². The molecule has 2 unspecified atom stereocenters. The largest absolute Gasteiger partial charge is 0.444 e. The predicted molar refractivity (Wildman–Crippen MR) is 144 cm³/mol. The molecule has 2 aromatic carbocycles. The Hall–Kier alpha value is -2.64. The molecule has 1 amide bonds. The van der Waals surface area contributed by atoms with Crippen LogP contribution in [0.1, 0.15) is 53.0 Å². The third-order valence-corrected chi connectivity index (χ3v) is 11.5. The van der Waals surface area contributed by atoms with E-state index in [4.69, 9.17) is 9.57 Å². The Morgan fingerprint density at radius 1 is 1.14 bits per heavy atom. The molecule has 0 saturated carbocycles. The fourth-order valence-corrected chi connectivity index (χ4v) is 8.43. The molecule has 3 rings (SSSR count). The highest BCUT2D eigenvalue weighted by Gasteiger charge is 2.60. The van der Waals surface area contributed by atoms with Crippen LogP contribution in [0, 0.1) is 5.92 Å². The quantitative estimate of drug-likeness (QED) is 0.504. The smallest absolute Gasteiger partial charge is 0.407 e. The van der Waals surface area contributed by atoms with Crippen molar-refractivity contribution < 1.29 is 19.5 Å². The number of ether oxygens (including phenoxy) is 1. The summed E-state index contributed by atoms with van der Waals surface area (Å²) in [5.74, 6) is -0.0348. The molecule has 0 aromatic heterocycles. The molecular weight excluding hydrogens is 456 g/mol. The summed E-state index contributed by atoms with van der Waals surface area (Å²) in [5.41, 5.74) is 1.12. The van der Waals surface area contributed by atoms with Gasteiger partial charge < -0.3 is 20.0 Å². The highest BCUT2D eigenvalue weighted by atomic mass is 28.3. The first-order valence-electron chi connectivity index (χ1n) is 12.5. The van der Waals surface area contributed by atoms with Gasteiger partial charge in [-0.25, -0.2) is 4.79 Å². The lowest BCUT2D eigenvalue weighted by atomic mass is 9.88. The third kappa shape index (κ3) is 5.78. The maximum Gasteiger partial charge on any atom is 0.407 e. The van der Waals surface area contributed by atoms with Crippen molar-refractivity contribution in [2.75, 3.05) is 0 Å². The molecule has 2 N–H and O–H groups in total. The molecule has 190 valence electrons. The summed E-state index contributed by atoms with van der Waals surface area (Å²) in [7, 11) is -2.71. The number of nitrogens with zero attached hydrogens (tertiary/aromatic N) is 1. The standard InChI is InChI=1S/C28H40N2O4Si/c1-8-20(2)25(29-26(31)33-27(3,4)5)28(32,35(6,7)22-17-13-10-14-18-22)24-19-23(30-34-24)21-15-11-9-12-16-21/h9-18,20,24-25,32H,8,19H2,1-7H3,(H,29,31)/t20-,24?,25-,28?/m0/s1. The average molecular weight is 497 g/mol. The van der Waals surface area contributed by atoms with Crippen LogP contribution in [-0.2, 0) is 9.57 Å². The minimum Gasteiger partial charge on any atom is -0.444 e. The lowest BCUT2D eigenvalue weighted by Gasteiger charge is -2.50. The van der Waals surface area contributed by atoms with Gasteiger partial charge in [0, 0.05) is 6.42 Å². The van der Waals surface area contributed by atoms with Gasteiger partial charge in [0.1, 0.15) is 18.9 Å². The van der Waals surface area contributed by atoms with Gasteiger partial charge in [-0.2, -0.15) is 0 Å². The number of amides is 1. The molecule has 1 heterocycles. The van der Waals surface area contributed by atoms with Crippen molar-refractivity contribution in [2.24, 2.45) is 11.1 Å². The SMILES string of the molecule is CC[C@H](C)[C@H](NC(=O)OC(C)(C)C)C(O)(C1CC(c2ccccc2)=NO1)[Si](C)(C)c1ccccc1. The number of alkyl carbamates (subject to hydrolysis) is 1. The van der Waals surface area contributed by atoms with Gasteiger partial charge in [0.25, 0.3) is 0 Å². The maximum absolute atomic E-state index is 13.0. The first-order valence-corrected chi connectivity index (χ1v) is 15.5. The molecule has 2 aromatic rings. The minimum absolute atomic E-state index is 0.0348. The third-order valence-electron chi connectivity index (χ3n) is 7.12. The number of hydrogen-bond donors (Lipinski definition) is 2. The second kappa shape index (κ2) is 10.5. The first-order chi connectivity index (χ1) is 16.4. The normalized spacial score (nSPS) is 19.7. The Kier molecular flexibility index (Phi) is 8.12. The molecule has 0 bridgehead atoms. The van der Waals surface area contributed by atoms with E-state index in [1.807, 2.05) is 69.3 Å². The molecule has 1 aliphatic rings. The number of carbonyl (C=O) groups excluding carboxylic acids is 1. The molecule has 6 nitrogen and oxygen atoms in total. The number of nitrogens with one attached hydrogen (secondary N) is 1. The summed E-state index contributed by atoms with van der Waals surface area (Å²) in [4.78, 5) is 19.0. The van der Waals surface area contributed by atoms with Gasteiger partial charge in [-0.15, -0.1) is 0 Å². The number of oxime groups is 1. The number of rotatable bonds is 8. The van der Waals surface area contributed by atoms with E-state index in [9.17, 15) is 9.90 Å². The average Bonchev–Trinajstić information content (AvgIpc) is 3.32. The van der Waals surface area contributed by atoms with Crippen LogP contribution in [0.3, 0.4) is 0 Å². The Morgan fingerprint density at radius 2 is 1.71 bits per heavy atom. The Morgan fingerprint density at radius 3 is 2.26 bits per heavy atom. The second-order valence-electron chi connectivity index (χ2n) is 11.0. The lowest BCUT2D eigenvalue weighted by molar-refractivity contribution is -0.0788. The fourth-order valence-electron chi connectivity index (χ4n) is 4.85. The Balaban J connectivity index is 2.06. The van der Waals surface area contributed by atoms with Crippen LogP contribution in [0.25, 0.3) is 0 Å². The molecular formula is C28H40N2O4Si. The molecule has 0 radical (unpaired) electrons. The monoisotopic (exact) mass is 496 g/mol. The number of aliphatic hydroxyl groups is 1. The number of carbonyl (C=O) groups is 1. The summed E-state index contributed by atoms with van der Waals surface area (Å²) in [6.07, 6.45) is 0.0586. The second-order valence-corrected chi connectivity index (χ2v) is 15.7.